The molecule has 0 amide bonds. The number of aliphatic hydroxyl groups excluding tert-OH is 4. The second-order valence-electron chi connectivity index (χ2n) is 19.2. The Balaban J connectivity index is 0.000000171. The minimum absolute atomic E-state index is 0.0323. The molecule has 16 atom stereocenters. The second-order valence-corrected chi connectivity index (χ2v) is 25.3. The lowest BCUT2D eigenvalue weighted by Crippen LogP contribution is -2.33. The molecule has 16 unspecified atom stereocenters. The molecule has 10 rings (SSSR count). The molecule has 90 heavy (non-hydrogen) atoms. The van der Waals surface area contributed by atoms with E-state index in [0.29, 0.717) is 16.7 Å². The highest BCUT2D eigenvalue weighted by molar-refractivity contribution is 7.48. The smallest absolute Gasteiger partial charge is 0.394 e. The Labute approximate surface area is 504 Å². The van der Waals surface area contributed by atoms with Crippen LogP contribution >= 0.6 is 31.3 Å². The molecule has 0 bridgehead atoms. The molecule has 500 valence electrons. The van der Waals surface area contributed by atoms with Gasteiger partial charge < -0.3 is 76.1 Å². The summed E-state index contributed by atoms with van der Waals surface area (Å²) in [6.07, 6.45) is -2.67. The van der Waals surface area contributed by atoms with Crippen LogP contribution in [0.3, 0.4) is 0 Å². The van der Waals surface area contributed by atoms with E-state index in [-0.39, 0.29) is 61.0 Å². The van der Waals surface area contributed by atoms with Gasteiger partial charge in [-0.2, -0.15) is 9.97 Å². The van der Waals surface area contributed by atoms with Gasteiger partial charge in [-0.3, -0.25) is 74.0 Å². The van der Waals surface area contributed by atoms with Gasteiger partial charge in [-0.05, 0) is 13.0 Å². The first-order chi connectivity index (χ1) is 42.4. The van der Waals surface area contributed by atoms with Crippen LogP contribution in [0.1, 0.15) is 56.2 Å². The number of phosphoric acid groups is 4. The van der Waals surface area contributed by atoms with E-state index in [0.717, 1.165) is 37.6 Å². The van der Waals surface area contributed by atoms with Crippen molar-refractivity contribution in [2.45, 2.75) is 106 Å². The molecule has 0 aliphatic carbocycles. The number of nitrogens with one attached hydrogen (secondary N) is 2. The molecule has 0 aromatic carbocycles. The maximum Gasteiger partial charge on any atom is 0.472 e. The van der Waals surface area contributed by atoms with Crippen molar-refractivity contribution in [3.63, 3.8) is 0 Å². The zero-order valence-electron chi connectivity index (χ0n) is 47.8. The molecule has 47 heteroatoms. The van der Waals surface area contributed by atoms with E-state index in [9.17, 15) is 77.4 Å². The van der Waals surface area contributed by atoms with E-state index in [1.54, 1.807) is 4.57 Å². The van der Waals surface area contributed by atoms with Gasteiger partial charge in [0.05, 0.1) is 39.1 Å². The van der Waals surface area contributed by atoms with Crippen LogP contribution in [0.4, 0.5) is 17.6 Å². The maximum atomic E-state index is 11.8. The molecule has 4 aliphatic heterocycles. The SMILES string of the molecule is COP(=O)(O)OC1CC(n2cc(C)c(=O)[nH]c2=O)OC1CO.COP(=O)(O)OC1CC(n2ccc(N)nc2=O)OC1CO.COP(=O)(O)OC1CC(n2cnc3c(=O)[nH]c(N)nc32)OC1CO.COP(=O)(O)OC1CC(n2cnc3c(N)ncnc32)OC1CO. The summed E-state index contributed by atoms with van der Waals surface area (Å²) in [4.78, 5) is 112. The Hall–Kier alpha value is -6.02. The zero-order valence-corrected chi connectivity index (χ0v) is 51.4. The molecule has 6 aromatic rings. The van der Waals surface area contributed by atoms with Crippen LogP contribution in [0, 0.1) is 6.92 Å². The number of H-pyrrole nitrogens is 2. The second kappa shape index (κ2) is 30.2. The Morgan fingerprint density at radius 1 is 0.544 bits per heavy atom. The third kappa shape index (κ3) is 17.6. The first-order valence-electron chi connectivity index (χ1n) is 26.1. The molecule has 43 nitrogen and oxygen atoms in total. The van der Waals surface area contributed by atoms with Crippen molar-refractivity contribution in [2.24, 2.45) is 0 Å². The largest absolute Gasteiger partial charge is 0.472 e. The Morgan fingerprint density at radius 3 is 1.36 bits per heavy atom. The van der Waals surface area contributed by atoms with Crippen LogP contribution in [-0.2, 0) is 73.4 Å². The highest BCUT2D eigenvalue weighted by atomic mass is 31.2. The predicted octanol–water partition coefficient (Wildman–Crippen LogP) is -2.57. The number of aryl methyl sites for hydroxylation is 1. The van der Waals surface area contributed by atoms with E-state index in [1.807, 2.05) is 0 Å². The number of aromatic nitrogens is 12. The topological polar surface area (TPSA) is 616 Å². The number of hydrogen-bond donors (Lipinski definition) is 13. The van der Waals surface area contributed by atoms with Crippen molar-refractivity contribution in [3.05, 3.63) is 84.7 Å². The van der Waals surface area contributed by atoms with Crippen LogP contribution in [-0.4, -0.2) is 202 Å². The maximum absolute atomic E-state index is 11.8. The van der Waals surface area contributed by atoms with E-state index in [2.05, 4.69) is 58.0 Å². The number of ether oxygens (including phenoxy) is 4. The molecule has 4 aliphatic rings. The number of fused-ring (bicyclic) bond motifs is 2. The van der Waals surface area contributed by atoms with Gasteiger partial charge in [0.2, 0.25) is 5.95 Å². The zero-order chi connectivity index (χ0) is 66.2. The van der Waals surface area contributed by atoms with Gasteiger partial charge in [-0.25, -0.2) is 47.8 Å². The molecular formula is C43H65N15O28P4. The molecule has 0 saturated carbocycles. The lowest BCUT2D eigenvalue weighted by molar-refractivity contribution is -0.0458. The summed E-state index contributed by atoms with van der Waals surface area (Å²) in [5.74, 6) is 0.218. The summed E-state index contributed by atoms with van der Waals surface area (Å²) < 4.78 is 111. The van der Waals surface area contributed by atoms with Gasteiger partial charge in [0.25, 0.3) is 11.1 Å². The molecule has 4 fully saturated rings. The minimum atomic E-state index is -4.26. The normalized spacial score (nSPS) is 27.5. The van der Waals surface area contributed by atoms with Crippen molar-refractivity contribution in [3.8, 4) is 0 Å². The summed E-state index contributed by atoms with van der Waals surface area (Å²) in [7, 11) is -12.8. The van der Waals surface area contributed by atoms with Gasteiger partial charge in [0.15, 0.2) is 22.6 Å². The van der Waals surface area contributed by atoms with E-state index in [1.165, 1.54) is 48.9 Å². The van der Waals surface area contributed by atoms with Crippen LogP contribution in [0.15, 0.2) is 56.6 Å². The predicted molar refractivity (Wildman–Crippen MR) is 301 cm³/mol. The van der Waals surface area contributed by atoms with E-state index < -0.39 is 147 Å². The van der Waals surface area contributed by atoms with Crippen LogP contribution in [0.25, 0.3) is 22.3 Å². The fourth-order valence-electron chi connectivity index (χ4n) is 9.12. The number of phosphoric ester groups is 4. The van der Waals surface area contributed by atoms with Gasteiger partial charge in [0, 0.05) is 72.1 Å². The average Bonchev–Trinajstić information content (AvgIpc) is 1.70. The molecule has 4 saturated heterocycles. The number of aromatic amines is 2. The van der Waals surface area contributed by atoms with Crippen molar-refractivity contribution in [1.29, 1.82) is 0 Å². The fourth-order valence-corrected chi connectivity index (χ4v) is 11.7. The van der Waals surface area contributed by atoms with Crippen molar-refractivity contribution >= 4 is 71.2 Å². The lowest BCUT2D eigenvalue weighted by atomic mass is 10.2. The molecule has 10 heterocycles. The summed E-state index contributed by atoms with van der Waals surface area (Å²) in [6, 6.07) is 1.42. The highest BCUT2D eigenvalue weighted by Gasteiger charge is 2.45. The van der Waals surface area contributed by atoms with E-state index in [4.69, 9.17) is 54.2 Å². The van der Waals surface area contributed by atoms with Gasteiger partial charge in [0.1, 0.15) is 91.4 Å². The third-order valence-corrected chi connectivity index (χ3v) is 17.5. The van der Waals surface area contributed by atoms with Crippen molar-refractivity contribution < 1.29 is 113 Å². The summed E-state index contributed by atoms with van der Waals surface area (Å²) >= 11 is 0. The summed E-state index contributed by atoms with van der Waals surface area (Å²) in [6.45, 7) is -0.208. The number of nitrogens with two attached hydrogens (primary N) is 3. The first kappa shape index (κ1) is 71.4. The Bertz CT molecular complexity index is 3890. The van der Waals surface area contributed by atoms with Crippen molar-refractivity contribution in [1.82, 2.24) is 58.1 Å². The van der Waals surface area contributed by atoms with Crippen LogP contribution in [0.2, 0.25) is 0 Å². The number of imidazole rings is 2. The van der Waals surface area contributed by atoms with Crippen molar-refractivity contribution in [2.75, 3.05) is 72.1 Å². The number of hydrogen-bond acceptors (Lipinski definition) is 33. The molecule has 0 radical (unpaired) electrons. The monoisotopic (exact) mass is 1360 g/mol. The quantitative estimate of drug-likeness (QED) is 0.0349. The molecule has 6 aromatic heterocycles. The van der Waals surface area contributed by atoms with Gasteiger partial charge in [-0.15, -0.1) is 0 Å². The lowest BCUT2D eigenvalue weighted by Gasteiger charge is -2.18. The third-order valence-electron chi connectivity index (χ3n) is 13.5. The van der Waals surface area contributed by atoms with Gasteiger partial charge in [-0.1, -0.05) is 0 Å². The van der Waals surface area contributed by atoms with Crippen LogP contribution in [0.5, 0.6) is 0 Å². The van der Waals surface area contributed by atoms with Gasteiger partial charge >= 0.3 is 42.7 Å². The molecular weight excluding hydrogens is 1300 g/mol. The Kier molecular flexibility index (Phi) is 23.9. The van der Waals surface area contributed by atoms with Crippen LogP contribution < -0.4 is 39.7 Å². The molecule has 0 spiro atoms. The number of rotatable bonds is 20. The highest BCUT2D eigenvalue weighted by Crippen LogP contribution is 2.51. The Morgan fingerprint density at radius 2 is 0.944 bits per heavy atom. The minimum Gasteiger partial charge on any atom is -0.394 e. The number of nitrogen functional groups attached to an aromatic ring is 3. The number of nitrogens with zero attached hydrogens (tertiary/aromatic N) is 10. The average molecular weight is 1360 g/mol. The molecule has 16 N–H and O–H groups in total. The van der Waals surface area contributed by atoms with E-state index >= 15 is 0 Å². The number of anilines is 3. The summed E-state index contributed by atoms with van der Waals surface area (Å²) in [5, 5.41) is 37.3. The summed E-state index contributed by atoms with van der Waals surface area (Å²) in [5.41, 5.74) is 15.8. The number of aliphatic hydroxyl groups is 4. The first-order valence-corrected chi connectivity index (χ1v) is 32.1. The standard InChI is InChI=1S/C11H16N5O7P.C11H16N5O6P.C11H17N2O8P.C10H16N3O7P/c1-21-24(19,20)23-5-2-7(22-6(5)3-17)16-4-13-8-9(16)14-11(12)15-10(8)18;1-20-23(18,19)22-6-2-8(21-7(6)3-17)16-5-15-9-10(12)13-4-14-11(9)16;1-6-4-13(11(16)12-10(6)15)9-3-7(8(5-14)20-9)21-22(17,18)19-2;1-18-21(16,17)20-6-4-9(19-7(6)5-14)13-3-2-8(11)12-10(13)15/h4-7,17H,2-3H2,1H3,(H,19,20)(H3,12,14,15,18);4-8,17H,2-3H2,1H3,(H,18,19)(H2,12,13,14);4,7-9,14H,3,5H2,1-2H3,(H,17,18)(H,12,15,16);2-3,6-7,9,14H,4-5H2,1H3,(H,16,17)(H2,11,12,15). The fraction of sp³-hybridized carbons (Fsp3) is 0.581.